The van der Waals surface area contributed by atoms with Crippen LogP contribution in [0.4, 0.5) is 11.4 Å². The van der Waals surface area contributed by atoms with Gasteiger partial charge in [-0.15, -0.1) is 0 Å². The van der Waals surface area contributed by atoms with Gasteiger partial charge in [0.1, 0.15) is 0 Å². The number of fused-ring (bicyclic) bond motifs is 6. The summed E-state index contributed by atoms with van der Waals surface area (Å²) < 4.78 is 0. The first-order chi connectivity index (χ1) is 21.7. The van der Waals surface area contributed by atoms with Gasteiger partial charge in [0, 0.05) is 46.0 Å². The standard InChI is InChI=1S/C42H45ClN2/c1-7-44-34-24-20-28-14-9-11-18-32(28)38(34)41(3,4)36(44)26-22-30-16-13-17-31(40(30)43)23-27-37-42(5,6)39-33-19-12-10-15-29(33)21-25-35(39)45(37)8-2/h9-12,14-15,18-27,36H,7-8,13,16-17H2,1-6H3/b26-22+,31-23+,37-27+. The quantitative estimate of drug-likeness (QED) is 0.221. The summed E-state index contributed by atoms with van der Waals surface area (Å²) in [7, 11) is 0. The molecule has 1 unspecified atom stereocenters. The zero-order chi connectivity index (χ0) is 31.5. The molecule has 0 N–H and O–H groups in total. The minimum absolute atomic E-state index is 0.0235. The van der Waals surface area contributed by atoms with Crippen molar-refractivity contribution in [1.82, 2.24) is 0 Å². The zero-order valence-electron chi connectivity index (χ0n) is 27.6. The third kappa shape index (κ3) is 4.67. The summed E-state index contributed by atoms with van der Waals surface area (Å²) in [6.07, 6.45) is 12.6. The van der Waals surface area contributed by atoms with Crippen LogP contribution in [-0.2, 0) is 10.8 Å². The van der Waals surface area contributed by atoms with Gasteiger partial charge in [-0.25, -0.2) is 0 Å². The molecule has 0 saturated carbocycles. The topological polar surface area (TPSA) is 6.48 Å². The van der Waals surface area contributed by atoms with E-state index in [1.54, 1.807) is 0 Å². The summed E-state index contributed by atoms with van der Waals surface area (Å²) in [6, 6.07) is 27.0. The summed E-state index contributed by atoms with van der Waals surface area (Å²) >= 11 is 7.24. The Labute approximate surface area is 274 Å². The highest BCUT2D eigenvalue weighted by Gasteiger charge is 2.44. The van der Waals surface area contributed by atoms with Gasteiger partial charge in [-0.3, -0.25) is 0 Å². The molecule has 0 fully saturated rings. The fraction of sp³-hybridized carbons (Fsp3) is 0.333. The molecule has 2 heterocycles. The molecule has 45 heavy (non-hydrogen) atoms. The molecule has 3 heteroatoms. The molecule has 7 rings (SSSR count). The predicted octanol–water partition coefficient (Wildman–Crippen LogP) is 11.3. The summed E-state index contributed by atoms with van der Waals surface area (Å²) in [5.74, 6) is 0. The lowest BCUT2D eigenvalue weighted by atomic mass is 9.78. The molecular formula is C42H45ClN2. The van der Waals surface area contributed by atoms with Crippen LogP contribution < -0.4 is 9.80 Å². The van der Waals surface area contributed by atoms with Gasteiger partial charge in [0.25, 0.3) is 0 Å². The van der Waals surface area contributed by atoms with Crippen LogP contribution >= 0.6 is 11.6 Å². The van der Waals surface area contributed by atoms with Crippen molar-refractivity contribution in [3.05, 3.63) is 130 Å². The number of rotatable bonds is 5. The van der Waals surface area contributed by atoms with Gasteiger partial charge < -0.3 is 9.80 Å². The van der Waals surface area contributed by atoms with Crippen molar-refractivity contribution in [3.63, 3.8) is 0 Å². The molecule has 230 valence electrons. The Balaban J connectivity index is 1.23. The van der Waals surface area contributed by atoms with Crippen molar-refractivity contribution in [2.45, 2.75) is 77.7 Å². The molecule has 4 aromatic rings. The van der Waals surface area contributed by atoms with Gasteiger partial charge in [-0.1, -0.05) is 118 Å². The van der Waals surface area contributed by atoms with Crippen molar-refractivity contribution >= 4 is 44.5 Å². The van der Waals surface area contributed by atoms with E-state index in [2.05, 4.69) is 148 Å². The Morgan fingerprint density at radius 2 is 1.40 bits per heavy atom. The van der Waals surface area contributed by atoms with Crippen LogP contribution in [0.15, 0.2) is 119 Å². The van der Waals surface area contributed by atoms with Crippen LogP contribution in [0, 0.1) is 0 Å². The second-order valence-corrected chi connectivity index (χ2v) is 14.4. The molecule has 4 aromatic carbocycles. The first kappa shape index (κ1) is 29.9. The van der Waals surface area contributed by atoms with Crippen molar-refractivity contribution < 1.29 is 0 Å². The van der Waals surface area contributed by atoms with E-state index in [-0.39, 0.29) is 16.9 Å². The van der Waals surface area contributed by atoms with Gasteiger partial charge in [-0.05, 0) is 95.1 Å². The molecule has 0 aromatic heterocycles. The fourth-order valence-electron chi connectivity index (χ4n) is 8.55. The summed E-state index contributed by atoms with van der Waals surface area (Å²) in [4.78, 5) is 5.06. The molecule has 0 spiro atoms. The molecular weight excluding hydrogens is 568 g/mol. The lowest BCUT2D eigenvalue weighted by molar-refractivity contribution is 0.481. The molecule has 1 atom stereocenters. The van der Waals surface area contributed by atoms with E-state index < -0.39 is 0 Å². The molecule has 2 nitrogen and oxygen atoms in total. The maximum Gasteiger partial charge on any atom is 0.0568 e. The molecule has 3 aliphatic rings. The summed E-state index contributed by atoms with van der Waals surface area (Å²) in [5, 5.41) is 6.27. The predicted molar refractivity (Wildman–Crippen MR) is 196 cm³/mol. The third-order valence-electron chi connectivity index (χ3n) is 10.7. The second-order valence-electron chi connectivity index (χ2n) is 14.0. The van der Waals surface area contributed by atoms with Gasteiger partial charge >= 0.3 is 0 Å². The summed E-state index contributed by atoms with van der Waals surface area (Å²) in [6.45, 7) is 16.0. The largest absolute Gasteiger partial charge is 0.364 e. The van der Waals surface area contributed by atoms with Crippen molar-refractivity contribution in [2.75, 3.05) is 22.9 Å². The Hall–Kier alpha value is -3.75. The molecule has 0 amide bonds. The van der Waals surface area contributed by atoms with Crippen LogP contribution in [0.2, 0.25) is 0 Å². The van der Waals surface area contributed by atoms with Crippen molar-refractivity contribution in [3.8, 4) is 0 Å². The maximum absolute atomic E-state index is 7.24. The highest BCUT2D eigenvalue weighted by atomic mass is 35.5. The Morgan fingerprint density at radius 3 is 2.07 bits per heavy atom. The number of halogens is 1. The number of hydrogen-bond donors (Lipinski definition) is 0. The van der Waals surface area contributed by atoms with E-state index in [9.17, 15) is 0 Å². The Bertz CT molecular complexity index is 1940. The van der Waals surface area contributed by atoms with Crippen LogP contribution in [0.1, 0.15) is 71.9 Å². The molecule has 2 aliphatic heterocycles. The number of likely N-dealkylation sites (N-methyl/N-ethyl adjacent to an activating group) is 2. The van der Waals surface area contributed by atoms with E-state index in [0.717, 1.165) is 37.4 Å². The third-order valence-corrected chi connectivity index (χ3v) is 11.2. The smallest absolute Gasteiger partial charge is 0.0568 e. The first-order valence-corrected chi connectivity index (χ1v) is 17.1. The lowest BCUT2D eigenvalue weighted by Gasteiger charge is -2.32. The molecule has 1 aliphatic carbocycles. The highest BCUT2D eigenvalue weighted by molar-refractivity contribution is 6.32. The van der Waals surface area contributed by atoms with Crippen LogP contribution in [0.3, 0.4) is 0 Å². The van der Waals surface area contributed by atoms with E-state index in [1.807, 2.05) is 0 Å². The fourth-order valence-corrected chi connectivity index (χ4v) is 8.86. The maximum atomic E-state index is 7.24. The second kappa shape index (κ2) is 11.2. The molecule has 0 radical (unpaired) electrons. The van der Waals surface area contributed by atoms with Gasteiger partial charge in [-0.2, -0.15) is 0 Å². The van der Waals surface area contributed by atoms with Gasteiger partial charge in [0.05, 0.1) is 6.04 Å². The Kier molecular flexibility index (Phi) is 7.48. The first-order valence-electron chi connectivity index (χ1n) is 16.8. The van der Waals surface area contributed by atoms with Gasteiger partial charge in [0.2, 0.25) is 0 Å². The van der Waals surface area contributed by atoms with E-state index in [1.165, 1.54) is 60.9 Å². The number of allylic oxidation sites excluding steroid dienone is 7. The highest BCUT2D eigenvalue weighted by Crippen LogP contribution is 2.51. The van der Waals surface area contributed by atoms with Crippen LogP contribution in [0.5, 0.6) is 0 Å². The number of nitrogens with zero attached hydrogens (tertiary/aromatic N) is 2. The van der Waals surface area contributed by atoms with Crippen LogP contribution in [-0.4, -0.2) is 19.1 Å². The monoisotopic (exact) mass is 612 g/mol. The number of benzene rings is 4. The van der Waals surface area contributed by atoms with E-state index >= 15 is 0 Å². The lowest BCUT2D eigenvalue weighted by Crippen LogP contribution is -2.39. The SMILES string of the molecule is CCN1/C(=C/C=C2\CCCC(/C=C/C3N(CC)c4ccc5ccccc5c4C3(C)C)=C2Cl)C(C)(C)c2c1ccc1ccccc21. The minimum Gasteiger partial charge on any atom is -0.364 e. The normalized spacial score (nSPS) is 22.4. The van der Waals surface area contributed by atoms with Gasteiger partial charge in [0.15, 0.2) is 0 Å². The van der Waals surface area contributed by atoms with Crippen molar-refractivity contribution in [2.24, 2.45) is 0 Å². The zero-order valence-corrected chi connectivity index (χ0v) is 28.4. The number of hydrogen-bond acceptors (Lipinski definition) is 2. The minimum atomic E-state index is -0.103. The average molecular weight is 613 g/mol. The average Bonchev–Trinajstić information content (AvgIpc) is 3.41. The summed E-state index contributed by atoms with van der Waals surface area (Å²) in [5.41, 5.74) is 9.29. The van der Waals surface area contributed by atoms with E-state index in [0.29, 0.717) is 0 Å². The van der Waals surface area contributed by atoms with Crippen LogP contribution in [0.25, 0.3) is 21.5 Å². The molecule has 0 bridgehead atoms. The van der Waals surface area contributed by atoms with E-state index in [4.69, 9.17) is 11.6 Å². The Morgan fingerprint density at radius 1 is 0.756 bits per heavy atom. The number of anilines is 2. The molecule has 0 saturated heterocycles. The van der Waals surface area contributed by atoms with Crippen molar-refractivity contribution in [1.29, 1.82) is 0 Å².